The van der Waals surface area contributed by atoms with Gasteiger partial charge < -0.3 is 65.9 Å². The van der Waals surface area contributed by atoms with Gasteiger partial charge in [-0.05, 0) is 46.5 Å². The summed E-state index contributed by atoms with van der Waals surface area (Å²) >= 11 is -1.53. The van der Waals surface area contributed by atoms with Gasteiger partial charge in [-0.15, -0.1) is 0 Å². The summed E-state index contributed by atoms with van der Waals surface area (Å²) in [6.45, 7) is 0.548. The summed E-state index contributed by atoms with van der Waals surface area (Å²) in [6.07, 6.45) is 4.41. The first-order chi connectivity index (χ1) is 30.5. The fourth-order valence-electron chi connectivity index (χ4n) is 4.64. The van der Waals surface area contributed by atoms with Crippen LogP contribution in [-0.2, 0) is 49.4 Å². The molecule has 4 aromatic rings. The summed E-state index contributed by atoms with van der Waals surface area (Å²) in [4.78, 5) is 29.7. The summed E-state index contributed by atoms with van der Waals surface area (Å²) < 4.78 is 77.4. The molecule has 0 spiro atoms. The van der Waals surface area contributed by atoms with Gasteiger partial charge in [0.15, 0.2) is 0 Å². The van der Waals surface area contributed by atoms with Crippen molar-refractivity contribution < 1.29 is 189 Å². The van der Waals surface area contributed by atoms with Gasteiger partial charge in [-0.3, -0.25) is 14.3 Å². The van der Waals surface area contributed by atoms with Crippen molar-refractivity contribution in [2.24, 2.45) is 4.99 Å². The van der Waals surface area contributed by atoms with Crippen LogP contribution in [0.25, 0.3) is 12.2 Å². The Kier molecular flexibility index (Phi) is 37.4. The molecular formula is C32H38N12Na4O15S4. The fourth-order valence-corrected chi connectivity index (χ4v) is 6.28. The Hall–Kier alpha value is -0.810. The standard InChI is InChI=1S/C32H42N12O15S4.4Na/c45-11-15-54-13-7-33-27-39-29(35-9-17-60-58-56-47)43-32(42-27)38-24-6-4-22(26(20-24)62(49)50)2-1-21-3-5-23(19-25(21)61-59-57-48)37-31-41-28(34-8-14-55-16-12-46)40-30(44-31)36-10-18-63(51,52)53;;;;/h1-6,9,19-20,45-48H,7-8,10-18H2,(H,49,50)(H,51,52,53)(H2,33,38,39,42,43)(H3,34,36,37,40,41,44);;;;/q;4*+1/p-4/b2-1?,35-9-;;;;. The van der Waals surface area contributed by atoms with Gasteiger partial charge in [-0.25, -0.2) is 13.4 Å². The Morgan fingerprint density at radius 1 is 0.701 bits per heavy atom. The number of anilines is 7. The minimum absolute atomic E-state index is 0. The molecule has 0 amide bonds. The van der Waals surface area contributed by atoms with E-state index in [1.54, 1.807) is 24.3 Å². The first-order valence-electron chi connectivity index (χ1n) is 17.9. The third kappa shape index (κ3) is 27.0. The van der Waals surface area contributed by atoms with Crippen molar-refractivity contribution >= 4 is 111 Å². The second-order valence-electron chi connectivity index (χ2n) is 11.6. The second-order valence-corrected chi connectivity index (χ2v) is 15.5. The predicted octanol–water partition coefficient (Wildman–Crippen LogP) is -12.4. The maximum Gasteiger partial charge on any atom is 1.00 e. The number of nitrogens with zero attached hydrogens (tertiary/aromatic N) is 7. The number of rotatable bonds is 31. The van der Waals surface area contributed by atoms with E-state index >= 15 is 0 Å². The summed E-state index contributed by atoms with van der Waals surface area (Å²) in [5.41, 5.74) is 1.34. The van der Waals surface area contributed by atoms with Crippen molar-refractivity contribution in [3.63, 3.8) is 0 Å². The van der Waals surface area contributed by atoms with Gasteiger partial charge >= 0.3 is 118 Å². The summed E-state index contributed by atoms with van der Waals surface area (Å²) in [5, 5.41) is 59.9. The zero-order valence-corrected chi connectivity index (χ0v) is 47.7. The summed E-state index contributed by atoms with van der Waals surface area (Å²) in [6, 6.07) is 9.15. The average Bonchev–Trinajstić information content (AvgIpc) is 3.25. The van der Waals surface area contributed by atoms with Gasteiger partial charge in [0, 0.05) is 59.1 Å². The maximum absolute atomic E-state index is 12.4. The van der Waals surface area contributed by atoms with Crippen LogP contribution in [0.3, 0.4) is 0 Å². The molecule has 0 saturated carbocycles. The first-order valence-corrected chi connectivity index (χ1v) is 22.2. The van der Waals surface area contributed by atoms with Gasteiger partial charge in [0.05, 0.1) is 73.3 Å². The molecule has 7 N–H and O–H groups in total. The van der Waals surface area contributed by atoms with Gasteiger partial charge in [0.1, 0.15) is 0 Å². The molecule has 4 rings (SSSR count). The quantitative estimate of drug-likeness (QED) is 0.00283. The number of aromatic nitrogens is 6. The first kappa shape index (κ1) is 66.2. The normalized spacial score (nSPS) is 11.5. The van der Waals surface area contributed by atoms with E-state index in [0.29, 0.717) is 40.2 Å². The molecular weight excluding hydrogens is 1010 g/mol. The molecule has 0 bridgehead atoms. The van der Waals surface area contributed by atoms with Crippen LogP contribution in [0.1, 0.15) is 11.1 Å². The fraction of sp³-hybridized carbons (Fsp3) is 0.344. The van der Waals surface area contributed by atoms with Gasteiger partial charge in [0.2, 0.25) is 29.7 Å². The summed E-state index contributed by atoms with van der Waals surface area (Å²) in [5.74, 6) is -0.647. The van der Waals surface area contributed by atoms with E-state index in [0.717, 1.165) is 0 Å². The van der Waals surface area contributed by atoms with Crippen molar-refractivity contribution in [3.05, 3.63) is 47.5 Å². The van der Waals surface area contributed by atoms with E-state index < -0.39 is 27.0 Å². The van der Waals surface area contributed by atoms with Crippen LogP contribution in [0.15, 0.2) is 51.2 Å². The van der Waals surface area contributed by atoms with Crippen molar-refractivity contribution in [2.45, 2.75) is 9.79 Å². The number of benzene rings is 2. The molecule has 0 fully saturated rings. The largest absolute Gasteiger partial charge is 1.00 e. The molecule has 0 aliphatic rings. The zero-order valence-electron chi connectivity index (χ0n) is 36.4. The van der Waals surface area contributed by atoms with Gasteiger partial charge in [-0.2, -0.15) is 38.6 Å². The second kappa shape index (κ2) is 37.9. The molecule has 1 unspecified atom stereocenters. The molecule has 0 aliphatic heterocycles. The van der Waals surface area contributed by atoms with Crippen LogP contribution in [-0.4, -0.2) is 139 Å². The maximum atomic E-state index is 12.4. The SMILES string of the molecule is O=S([O-])c1cc(Nc2nc(/N=C\CSOO[O-])nc(NCCOCCO)n2)ccc1C=Cc1ccc(Nc2nc(NCCOCCO)nc(NCCS(=O)(=O)[O-])n2)cc1SOO[O-].[Na+].[Na+].[Na+].[Na+]. The topological polar surface area (TPSA) is 389 Å². The molecule has 1 atom stereocenters. The minimum Gasteiger partial charge on any atom is -0.768 e. The van der Waals surface area contributed by atoms with E-state index in [1.807, 2.05) is 0 Å². The van der Waals surface area contributed by atoms with Crippen molar-refractivity contribution in [3.8, 4) is 0 Å². The van der Waals surface area contributed by atoms with E-state index in [1.165, 1.54) is 30.5 Å². The van der Waals surface area contributed by atoms with E-state index in [-0.39, 0.29) is 235 Å². The third-order valence-corrected chi connectivity index (χ3v) is 9.67. The van der Waals surface area contributed by atoms with Gasteiger partial charge in [-0.1, -0.05) is 24.3 Å². The van der Waals surface area contributed by atoms with Crippen LogP contribution in [0.4, 0.5) is 47.1 Å². The number of hydrogen-bond donors (Lipinski definition) is 7. The number of aliphatic imine (C=N–C) groups is 1. The third-order valence-electron chi connectivity index (χ3n) is 7.16. The van der Waals surface area contributed by atoms with Crippen LogP contribution in [0.2, 0.25) is 0 Å². The minimum atomic E-state index is -4.53. The molecule has 2 aromatic carbocycles. The Balaban J connectivity index is 0.0000109. The number of hydrogen-bond acceptors (Lipinski definition) is 29. The van der Waals surface area contributed by atoms with E-state index in [2.05, 4.69) is 80.2 Å². The molecule has 35 heteroatoms. The van der Waals surface area contributed by atoms with Crippen LogP contribution in [0, 0.1) is 0 Å². The Morgan fingerprint density at radius 2 is 1.21 bits per heavy atom. The zero-order chi connectivity index (χ0) is 45.3. The number of ether oxygens (including phenoxy) is 2. The molecule has 0 saturated heterocycles. The summed E-state index contributed by atoms with van der Waals surface area (Å²) in [7, 11) is -4.53. The van der Waals surface area contributed by atoms with Crippen LogP contribution < -0.4 is 155 Å². The molecule has 0 radical (unpaired) electrons. The molecule has 2 aromatic heterocycles. The molecule has 0 aliphatic carbocycles. The Morgan fingerprint density at radius 3 is 1.78 bits per heavy atom. The van der Waals surface area contributed by atoms with E-state index in [4.69, 9.17) is 19.7 Å². The van der Waals surface area contributed by atoms with Crippen molar-refractivity contribution in [1.29, 1.82) is 0 Å². The van der Waals surface area contributed by atoms with Crippen LogP contribution >= 0.6 is 24.1 Å². The number of nitrogens with one attached hydrogen (secondary N) is 5. The molecule has 67 heavy (non-hydrogen) atoms. The van der Waals surface area contributed by atoms with E-state index in [9.17, 15) is 32.2 Å². The predicted molar refractivity (Wildman–Crippen MR) is 222 cm³/mol. The monoisotopic (exact) mass is 1050 g/mol. The van der Waals surface area contributed by atoms with Crippen LogP contribution in [0.5, 0.6) is 0 Å². The Bertz CT molecular complexity index is 2260. The smallest absolute Gasteiger partial charge is 0.768 e. The molecule has 27 nitrogen and oxygen atoms in total. The van der Waals surface area contributed by atoms with Crippen molar-refractivity contribution in [1.82, 2.24) is 29.9 Å². The van der Waals surface area contributed by atoms with Crippen molar-refractivity contribution in [2.75, 3.05) is 97.4 Å². The Labute approximate surface area is 483 Å². The van der Waals surface area contributed by atoms with Gasteiger partial charge in [0.25, 0.3) is 5.95 Å². The number of aliphatic hydroxyl groups excluding tert-OH is 2. The number of aliphatic hydroxyl groups is 2. The average molecular weight is 1050 g/mol. The molecule has 344 valence electrons. The molecule has 2 heterocycles.